The predicted octanol–water partition coefficient (Wildman–Crippen LogP) is 8.07. The van der Waals surface area contributed by atoms with E-state index in [-0.39, 0.29) is 11.1 Å². The molecule has 0 unspecified atom stereocenters. The number of hydrogen-bond donors (Lipinski definition) is 0. The molecule has 0 fully saturated rings. The fraction of sp³-hybridized carbons (Fsp3) is 0.0909. The van der Waals surface area contributed by atoms with Gasteiger partial charge in [-0.2, -0.15) is 0 Å². The summed E-state index contributed by atoms with van der Waals surface area (Å²) in [5.74, 6) is 2.11. The molecular weight excluding hydrogens is 438 g/mol. The van der Waals surface area contributed by atoms with E-state index in [1.807, 2.05) is 54.6 Å². The van der Waals surface area contributed by atoms with Gasteiger partial charge < -0.3 is 9.47 Å². The first-order valence-corrected chi connectivity index (χ1v) is 9.96. The van der Waals surface area contributed by atoms with Crippen LogP contribution in [0.5, 0.6) is 17.2 Å². The number of benzene rings is 3. The summed E-state index contributed by atoms with van der Waals surface area (Å²) in [4.78, 5) is 0. The summed E-state index contributed by atoms with van der Waals surface area (Å²) in [6.07, 6.45) is 2.13. The van der Waals surface area contributed by atoms with Gasteiger partial charge in [-0.15, -0.1) is 0 Å². The minimum Gasteiger partial charge on any atom is -0.489 e. The van der Waals surface area contributed by atoms with Crippen molar-refractivity contribution in [1.82, 2.24) is 0 Å². The first-order chi connectivity index (χ1) is 13.5. The van der Waals surface area contributed by atoms with Crippen molar-refractivity contribution in [3.05, 3.63) is 98.5 Å². The molecule has 3 aromatic rings. The molecule has 0 aliphatic rings. The van der Waals surface area contributed by atoms with Gasteiger partial charge in [0.05, 0.1) is 0 Å². The largest absolute Gasteiger partial charge is 0.489 e. The monoisotopic (exact) mass is 452 g/mol. The molecule has 0 atom stereocenters. The standard InChI is InChI=1S/C22H16Cl4O2/c23-20-13-18(27-11-10-22(25)26)14-21(24)19(20)12-15-6-8-17(9-7-15)28-16-4-2-1-3-5-16/h1-10,13-14H,11-12H2. The van der Waals surface area contributed by atoms with Gasteiger partial charge >= 0.3 is 0 Å². The van der Waals surface area contributed by atoms with E-state index < -0.39 is 0 Å². The van der Waals surface area contributed by atoms with E-state index in [0.29, 0.717) is 22.2 Å². The van der Waals surface area contributed by atoms with Crippen LogP contribution in [0.25, 0.3) is 0 Å². The Balaban J connectivity index is 1.68. The Morgan fingerprint density at radius 2 is 1.39 bits per heavy atom. The fourth-order valence-electron chi connectivity index (χ4n) is 2.54. The van der Waals surface area contributed by atoms with E-state index in [2.05, 4.69) is 0 Å². The number of para-hydroxylation sites is 1. The van der Waals surface area contributed by atoms with Crippen LogP contribution < -0.4 is 9.47 Å². The molecule has 0 spiro atoms. The molecule has 0 N–H and O–H groups in total. The van der Waals surface area contributed by atoms with Gasteiger partial charge in [-0.1, -0.05) is 76.7 Å². The third-order valence-corrected chi connectivity index (χ3v) is 4.87. The summed E-state index contributed by atoms with van der Waals surface area (Å²) in [6.45, 7) is 0.233. The number of rotatable bonds is 7. The molecular formula is C22H16Cl4O2. The highest BCUT2D eigenvalue weighted by Gasteiger charge is 2.10. The second kappa shape index (κ2) is 10.1. The van der Waals surface area contributed by atoms with Crippen molar-refractivity contribution in [1.29, 1.82) is 0 Å². The highest BCUT2D eigenvalue weighted by atomic mass is 35.5. The predicted molar refractivity (Wildman–Crippen MR) is 118 cm³/mol. The molecule has 0 aliphatic heterocycles. The molecule has 0 amide bonds. The lowest BCUT2D eigenvalue weighted by Gasteiger charge is -2.11. The van der Waals surface area contributed by atoms with Crippen LogP contribution in [0.2, 0.25) is 10.0 Å². The zero-order chi connectivity index (χ0) is 19.9. The molecule has 0 aromatic heterocycles. The summed E-state index contributed by atoms with van der Waals surface area (Å²) in [6, 6.07) is 20.9. The van der Waals surface area contributed by atoms with Crippen LogP contribution in [0, 0.1) is 0 Å². The lowest BCUT2D eigenvalue weighted by atomic mass is 10.0. The van der Waals surface area contributed by atoms with Gasteiger partial charge in [-0.05, 0) is 53.6 Å². The Hall–Kier alpha value is -1.84. The second-order valence-electron chi connectivity index (χ2n) is 5.91. The van der Waals surface area contributed by atoms with Crippen LogP contribution in [-0.2, 0) is 6.42 Å². The first kappa shape index (κ1) is 20.9. The van der Waals surface area contributed by atoms with E-state index in [1.165, 1.54) is 6.08 Å². The van der Waals surface area contributed by atoms with Crippen LogP contribution in [0.1, 0.15) is 11.1 Å². The summed E-state index contributed by atoms with van der Waals surface area (Å²) in [7, 11) is 0. The quantitative estimate of drug-likeness (QED) is 0.360. The van der Waals surface area contributed by atoms with Crippen molar-refractivity contribution in [2.45, 2.75) is 6.42 Å². The van der Waals surface area contributed by atoms with Crippen molar-refractivity contribution in [3.63, 3.8) is 0 Å². The minimum atomic E-state index is 0.147. The van der Waals surface area contributed by atoms with Gasteiger partial charge in [0.25, 0.3) is 0 Å². The summed E-state index contributed by atoms with van der Waals surface area (Å²) < 4.78 is 11.5. The fourth-order valence-corrected chi connectivity index (χ4v) is 3.26. The lowest BCUT2D eigenvalue weighted by Crippen LogP contribution is -1.97. The van der Waals surface area contributed by atoms with E-state index >= 15 is 0 Å². The molecule has 0 saturated carbocycles. The van der Waals surface area contributed by atoms with Gasteiger partial charge in [-0.3, -0.25) is 0 Å². The van der Waals surface area contributed by atoms with Crippen molar-refractivity contribution in [3.8, 4) is 17.2 Å². The summed E-state index contributed by atoms with van der Waals surface area (Å²) in [5, 5.41) is 1.07. The molecule has 0 aliphatic carbocycles. The van der Waals surface area contributed by atoms with Crippen LogP contribution in [-0.4, -0.2) is 6.61 Å². The average molecular weight is 454 g/mol. The molecule has 3 rings (SSSR count). The minimum absolute atomic E-state index is 0.147. The van der Waals surface area contributed by atoms with Crippen LogP contribution >= 0.6 is 46.4 Å². The van der Waals surface area contributed by atoms with Gasteiger partial charge in [-0.25, -0.2) is 0 Å². The second-order valence-corrected chi connectivity index (χ2v) is 7.73. The SMILES string of the molecule is ClC(Cl)=CCOc1cc(Cl)c(Cc2ccc(Oc3ccccc3)cc2)c(Cl)c1. The highest BCUT2D eigenvalue weighted by Crippen LogP contribution is 2.32. The number of halogens is 4. The molecule has 0 saturated heterocycles. The normalized spacial score (nSPS) is 10.4. The Morgan fingerprint density at radius 3 is 2.00 bits per heavy atom. The van der Waals surface area contributed by atoms with Gasteiger partial charge in [0.2, 0.25) is 0 Å². The average Bonchev–Trinajstić information content (AvgIpc) is 2.66. The first-order valence-electron chi connectivity index (χ1n) is 8.45. The lowest BCUT2D eigenvalue weighted by molar-refractivity contribution is 0.363. The zero-order valence-corrected chi connectivity index (χ0v) is 17.7. The third kappa shape index (κ3) is 6.08. The number of hydrogen-bond acceptors (Lipinski definition) is 2. The van der Waals surface area contributed by atoms with Gasteiger partial charge in [0.1, 0.15) is 28.3 Å². The molecule has 6 heteroatoms. The maximum atomic E-state index is 6.41. The van der Waals surface area contributed by atoms with E-state index in [1.54, 1.807) is 12.1 Å². The molecule has 144 valence electrons. The van der Waals surface area contributed by atoms with E-state index in [0.717, 1.165) is 22.6 Å². The maximum absolute atomic E-state index is 6.41. The summed E-state index contributed by atoms with van der Waals surface area (Å²) >= 11 is 23.9. The van der Waals surface area contributed by atoms with Gasteiger partial charge in [0.15, 0.2) is 0 Å². The molecule has 2 nitrogen and oxygen atoms in total. The third-order valence-electron chi connectivity index (χ3n) is 3.89. The topological polar surface area (TPSA) is 18.5 Å². The Bertz CT molecular complexity index is 927. The molecule has 28 heavy (non-hydrogen) atoms. The molecule has 0 bridgehead atoms. The Kier molecular flexibility index (Phi) is 7.52. The highest BCUT2D eigenvalue weighted by molar-refractivity contribution is 6.55. The van der Waals surface area contributed by atoms with Crippen molar-refractivity contribution >= 4 is 46.4 Å². The van der Waals surface area contributed by atoms with Crippen LogP contribution in [0.4, 0.5) is 0 Å². The van der Waals surface area contributed by atoms with Crippen molar-refractivity contribution in [2.24, 2.45) is 0 Å². The van der Waals surface area contributed by atoms with Gasteiger partial charge in [0, 0.05) is 16.5 Å². The van der Waals surface area contributed by atoms with Crippen LogP contribution in [0.15, 0.2) is 77.3 Å². The maximum Gasteiger partial charge on any atom is 0.127 e. The smallest absolute Gasteiger partial charge is 0.127 e. The molecule has 0 radical (unpaired) electrons. The van der Waals surface area contributed by atoms with E-state index in [9.17, 15) is 0 Å². The van der Waals surface area contributed by atoms with E-state index in [4.69, 9.17) is 55.9 Å². The van der Waals surface area contributed by atoms with Crippen molar-refractivity contribution < 1.29 is 9.47 Å². The van der Waals surface area contributed by atoms with Crippen molar-refractivity contribution in [2.75, 3.05) is 6.61 Å². The molecule has 3 aromatic carbocycles. The Labute approximate surface area is 184 Å². The van der Waals surface area contributed by atoms with Crippen LogP contribution in [0.3, 0.4) is 0 Å². The Morgan fingerprint density at radius 1 is 0.786 bits per heavy atom. The zero-order valence-electron chi connectivity index (χ0n) is 14.7. The summed E-state index contributed by atoms with van der Waals surface area (Å²) in [5.41, 5.74) is 1.90. The number of ether oxygens (including phenoxy) is 2. The molecule has 0 heterocycles.